The van der Waals surface area contributed by atoms with Gasteiger partial charge in [0.2, 0.25) is 5.91 Å². The first-order chi connectivity index (χ1) is 20.0. The predicted molar refractivity (Wildman–Crippen MR) is 159 cm³/mol. The van der Waals surface area contributed by atoms with E-state index >= 15 is 0 Å². The number of hydrogen-bond acceptors (Lipinski definition) is 5. The molecule has 0 saturated carbocycles. The lowest BCUT2D eigenvalue weighted by molar-refractivity contribution is -0.131. The first-order valence-electron chi connectivity index (χ1n) is 13.8. The number of rotatable bonds is 10. The van der Waals surface area contributed by atoms with Gasteiger partial charge in [0.25, 0.3) is 5.91 Å². The number of nitrogens with zero attached hydrogens (tertiary/aromatic N) is 2. The Labute approximate surface area is 238 Å². The van der Waals surface area contributed by atoms with E-state index < -0.39 is 6.67 Å². The summed E-state index contributed by atoms with van der Waals surface area (Å²) in [6.07, 6.45) is 0.291. The molecule has 1 fully saturated rings. The van der Waals surface area contributed by atoms with E-state index in [0.717, 1.165) is 16.5 Å². The molecule has 1 aliphatic rings. The summed E-state index contributed by atoms with van der Waals surface area (Å²) in [6, 6.07) is 27.8. The molecule has 5 rings (SSSR count). The van der Waals surface area contributed by atoms with Crippen LogP contribution in [0.3, 0.4) is 0 Å². The first kappa shape index (κ1) is 27.8. The van der Waals surface area contributed by atoms with Gasteiger partial charge in [-0.2, -0.15) is 0 Å². The maximum atomic E-state index is 12.9. The molecule has 2 amide bonds. The maximum absolute atomic E-state index is 12.9. The van der Waals surface area contributed by atoms with Crippen molar-refractivity contribution in [2.24, 2.45) is 0 Å². The van der Waals surface area contributed by atoms with Crippen LogP contribution in [0.5, 0.6) is 5.75 Å². The molecule has 210 valence electrons. The Morgan fingerprint density at radius 1 is 0.780 bits per heavy atom. The molecule has 7 nitrogen and oxygen atoms in total. The Kier molecular flexibility index (Phi) is 8.89. The molecule has 41 heavy (non-hydrogen) atoms. The zero-order chi connectivity index (χ0) is 28.6. The third-order valence-electron chi connectivity index (χ3n) is 7.25. The number of nitrogens with one attached hydrogen (secondary N) is 1. The van der Waals surface area contributed by atoms with E-state index in [1.54, 1.807) is 29.2 Å². The molecule has 0 bridgehead atoms. The second-order valence-corrected chi connectivity index (χ2v) is 9.88. The Morgan fingerprint density at radius 3 is 2.22 bits per heavy atom. The van der Waals surface area contributed by atoms with E-state index in [1.165, 1.54) is 0 Å². The standard InChI is InChI=1S/C33H32FN3O4/c34-18-23-41-28-14-8-25(9-15-28)31(38)16-17-32(39)37-21-19-36(20-22-37)27-12-10-26(11-13-27)35-33(40)30-7-3-5-24-4-1-2-6-29(24)30/h1-15H,16-23H2,(H,35,40)/i34-1. The van der Waals surface area contributed by atoms with Crippen LogP contribution in [0, 0.1) is 0 Å². The molecule has 1 saturated heterocycles. The van der Waals surface area contributed by atoms with Gasteiger partial charge in [0.15, 0.2) is 5.78 Å². The van der Waals surface area contributed by atoms with Crippen molar-refractivity contribution in [2.75, 3.05) is 49.7 Å². The Hall–Kier alpha value is -4.72. The molecule has 4 aromatic rings. The maximum Gasteiger partial charge on any atom is 0.256 e. The van der Waals surface area contributed by atoms with Crippen molar-refractivity contribution in [3.8, 4) is 5.75 Å². The van der Waals surface area contributed by atoms with Crippen LogP contribution >= 0.6 is 0 Å². The minimum absolute atomic E-state index is 0.0227. The number of alkyl halides is 1. The molecule has 1 aliphatic heterocycles. The molecule has 0 aliphatic carbocycles. The van der Waals surface area contributed by atoms with Crippen LogP contribution in [0.25, 0.3) is 10.8 Å². The monoisotopic (exact) mass is 552 g/mol. The van der Waals surface area contributed by atoms with Crippen LogP contribution in [0.1, 0.15) is 33.6 Å². The van der Waals surface area contributed by atoms with Crippen molar-refractivity contribution in [3.05, 3.63) is 102 Å². The summed E-state index contributed by atoms with van der Waals surface area (Å²) in [5.41, 5.74) is 2.88. The minimum atomic E-state index is -0.573. The second kappa shape index (κ2) is 13.1. The van der Waals surface area contributed by atoms with Crippen LogP contribution < -0.4 is 15.0 Å². The molecular weight excluding hydrogens is 520 g/mol. The largest absolute Gasteiger partial charge is 0.491 e. The van der Waals surface area contributed by atoms with Gasteiger partial charge in [-0.1, -0.05) is 36.4 Å². The quantitative estimate of drug-likeness (QED) is 0.254. The number of halogens is 1. The van der Waals surface area contributed by atoms with Gasteiger partial charge in [-0.05, 0) is 65.4 Å². The number of carbonyl (C=O) groups excluding carboxylic acids is 3. The highest BCUT2D eigenvalue weighted by Gasteiger charge is 2.22. The molecule has 1 heterocycles. The van der Waals surface area contributed by atoms with E-state index in [2.05, 4.69) is 10.2 Å². The van der Waals surface area contributed by atoms with Crippen LogP contribution in [-0.4, -0.2) is 62.0 Å². The Morgan fingerprint density at radius 2 is 1.49 bits per heavy atom. The predicted octanol–water partition coefficient (Wildman–Crippen LogP) is 5.75. The van der Waals surface area contributed by atoms with Crippen molar-refractivity contribution in [1.29, 1.82) is 0 Å². The molecule has 0 atom stereocenters. The summed E-state index contributed by atoms with van der Waals surface area (Å²) in [4.78, 5) is 42.2. The van der Waals surface area contributed by atoms with Gasteiger partial charge in [-0.25, -0.2) is 4.39 Å². The van der Waals surface area contributed by atoms with E-state index in [4.69, 9.17) is 4.74 Å². The summed E-state index contributed by atoms with van der Waals surface area (Å²) < 4.78 is 17.4. The summed E-state index contributed by atoms with van der Waals surface area (Å²) >= 11 is 0. The molecule has 0 radical (unpaired) electrons. The highest BCUT2D eigenvalue weighted by molar-refractivity contribution is 6.13. The fraction of sp³-hybridized carbons (Fsp3) is 0.242. The summed E-state index contributed by atoms with van der Waals surface area (Å²) in [7, 11) is 0. The lowest BCUT2D eigenvalue weighted by Crippen LogP contribution is -2.48. The zero-order valence-electron chi connectivity index (χ0n) is 22.7. The molecule has 1 N–H and O–H groups in total. The zero-order valence-corrected chi connectivity index (χ0v) is 22.7. The Bertz CT molecular complexity index is 1510. The third-order valence-corrected chi connectivity index (χ3v) is 7.25. The van der Waals surface area contributed by atoms with Gasteiger partial charge in [-0.15, -0.1) is 0 Å². The summed E-state index contributed by atoms with van der Waals surface area (Å²) in [5.74, 6) is 0.210. The highest BCUT2D eigenvalue weighted by atomic mass is 18.2. The fourth-order valence-corrected chi connectivity index (χ4v) is 5.01. The molecule has 0 spiro atoms. The van der Waals surface area contributed by atoms with E-state index in [0.29, 0.717) is 48.7 Å². The van der Waals surface area contributed by atoms with E-state index in [-0.39, 0.29) is 37.0 Å². The number of Topliss-reactive ketones (excluding diaryl/α,β-unsaturated/α-hetero) is 1. The SMILES string of the molecule is O=C(CCC(=O)N1CCN(c2ccc(NC(=O)c3cccc4ccccc34)cc2)CC1)c1ccc(OCC[18F])cc1. The molecule has 8 heteroatoms. The number of ketones is 1. The van der Waals surface area contributed by atoms with Crippen molar-refractivity contribution < 1.29 is 23.5 Å². The van der Waals surface area contributed by atoms with Gasteiger partial charge in [0.1, 0.15) is 19.0 Å². The van der Waals surface area contributed by atoms with Gasteiger partial charge >= 0.3 is 0 Å². The van der Waals surface area contributed by atoms with Crippen LogP contribution in [0.2, 0.25) is 0 Å². The lowest BCUT2D eigenvalue weighted by Gasteiger charge is -2.36. The first-order valence-corrected chi connectivity index (χ1v) is 13.8. The number of benzene rings is 4. The van der Waals surface area contributed by atoms with Gasteiger partial charge in [0, 0.05) is 61.5 Å². The number of fused-ring (bicyclic) bond motifs is 1. The average molecular weight is 553 g/mol. The fourth-order valence-electron chi connectivity index (χ4n) is 5.01. The van der Waals surface area contributed by atoms with E-state index in [9.17, 15) is 18.8 Å². The third kappa shape index (κ3) is 6.90. The number of piperazine rings is 1. The van der Waals surface area contributed by atoms with E-state index in [1.807, 2.05) is 66.7 Å². The lowest BCUT2D eigenvalue weighted by atomic mass is 10.0. The molecule has 4 aromatic carbocycles. The minimum Gasteiger partial charge on any atom is -0.491 e. The van der Waals surface area contributed by atoms with Gasteiger partial charge < -0.3 is 19.9 Å². The van der Waals surface area contributed by atoms with Gasteiger partial charge in [0.05, 0.1) is 0 Å². The summed E-state index contributed by atoms with van der Waals surface area (Å²) in [5, 5.41) is 4.92. The number of amides is 2. The van der Waals surface area contributed by atoms with Crippen LogP contribution in [-0.2, 0) is 4.79 Å². The van der Waals surface area contributed by atoms with Crippen LogP contribution in [0.15, 0.2) is 91.0 Å². The molecule has 0 aromatic heterocycles. The number of anilines is 2. The topological polar surface area (TPSA) is 79.0 Å². The van der Waals surface area contributed by atoms with Gasteiger partial charge in [-0.3, -0.25) is 14.4 Å². The summed E-state index contributed by atoms with van der Waals surface area (Å²) in [6.45, 7) is 1.92. The normalized spacial score (nSPS) is 13.2. The van der Waals surface area contributed by atoms with Crippen molar-refractivity contribution >= 4 is 39.7 Å². The smallest absolute Gasteiger partial charge is 0.256 e. The number of ether oxygens (including phenoxy) is 1. The highest BCUT2D eigenvalue weighted by Crippen LogP contribution is 2.23. The van der Waals surface area contributed by atoms with Crippen molar-refractivity contribution in [3.63, 3.8) is 0 Å². The Balaban J connectivity index is 1.08. The molecule has 0 unspecified atom stereocenters. The van der Waals surface area contributed by atoms with Crippen molar-refractivity contribution in [1.82, 2.24) is 4.90 Å². The van der Waals surface area contributed by atoms with Crippen molar-refractivity contribution in [2.45, 2.75) is 12.8 Å². The molecular formula is C33H32FN3O4. The number of hydrogen-bond donors (Lipinski definition) is 1. The number of carbonyl (C=O) groups is 3. The average Bonchev–Trinajstić information content (AvgIpc) is 3.03. The van der Waals surface area contributed by atoms with Crippen LogP contribution in [0.4, 0.5) is 15.8 Å². The second-order valence-electron chi connectivity index (χ2n) is 9.88.